The Morgan fingerprint density at radius 3 is 2.19 bits per heavy atom. The Kier molecular flexibility index (Phi) is 7.19. The summed E-state index contributed by atoms with van der Waals surface area (Å²) in [5.41, 5.74) is 1.93. The van der Waals surface area contributed by atoms with Crippen LogP contribution >= 0.6 is 0 Å². The number of sulfonamides is 1. The number of methoxy groups -OCH3 is 3. The Labute approximate surface area is 183 Å². The van der Waals surface area contributed by atoms with Gasteiger partial charge in [-0.3, -0.25) is 4.90 Å². The number of rotatable bonds is 7. The SMILES string of the molecule is COC(=O)c1ccc(S(=O)(=O)N2CCN(Cc3ccc(OC)c(OC)c3)CC2)c(C)c1. The summed E-state index contributed by atoms with van der Waals surface area (Å²) in [6.07, 6.45) is 0. The molecule has 8 nitrogen and oxygen atoms in total. The van der Waals surface area contributed by atoms with Gasteiger partial charge in [0.15, 0.2) is 11.5 Å². The van der Waals surface area contributed by atoms with Gasteiger partial charge in [-0.2, -0.15) is 4.31 Å². The summed E-state index contributed by atoms with van der Waals surface area (Å²) in [6, 6.07) is 10.3. The van der Waals surface area contributed by atoms with Crippen LogP contribution in [0.5, 0.6) is 11.5 Å². The minimum Gasteiger partial charge on any atom is -0.493 e. The van der Waals surface area contributed by atoms with Crippen molar-refractivity contribution in [1.29, 1.82) is 0 Å². The Hall–Kier alpha value is -2.62. The number of esters is 1. The van der Waals surface area contributed by atoms with E-state index in [4.69, 9.17) is 14.2 Å². The molecule has 1 aliphatic rings. The maximum absolute atomic E-state index is 13.1. The molecule has 2 aromatic carbocycles. The Bertz CT molecular complexity index is 1050. The molecule has 0 aromatic heterocycles. The van der Waals surface area contributed by atoms with Gasteiger partial charge in [-0.1, -0.05) is 6.07 Å². The number of piperazine rings is 1. The quantitative estimate of drug-likeness (QED) is 0.601. The molecule has 0 saturated carbocycles. The zero-order valence-electron chi connectivity index (χ0n) is 18.3. The molecule has 0 spiro atoms. The average Bonchev–Trinajstić information content (AvgIpc) is 2.78. The molecule has 1 aliphatic heterocycles. The van der Waals surface area contributed by atoms with Crippen LogP contribution in [0.2, 0.25) is 0 Å². The van der Waals surface area contributed by atoms with E-state index in [0.29, 0.717) is 55.3 Å². The smallest absolute Gasteiger partial charge is 0.337 e. The fourth-order valence-corrected chi connectivity index (χ4v) is 5.32. The predicted octanol–water partition coefficient (Wildman–Crippen LogP) is 2.31. The van der Waals surface area contributed by atoms with Gasteiger partial charge in [-0.15, -0.1) is 0 Å². The van der Waals surface area contributed by atoms with Crippen molar-refractivity contribution in [3.05, 3.63) is 53.1 Å². The Morgan fingerprint density at radius 2 is 1.61 bits per heavy atom. The highest BCUT2D eigenvalue weighted by Gasteiger charge is 2.30. The molecular formula is C22H28N2O6S. The monoisotopic (exact) mass is 448 g/mol. The molecule has 0 N–H and O–H groups in total. The van der Waals surface area contributed by atoms with Crippen molar-refractivity contribution in [2.45, 2.75) is 18.4 Å². The van der Waals surface area contributed by atoms with Gasteiger partial charge in [0.2, 0.25) is 10.0 Å². The molecule has 168 valence electrons. The summed E-state index contributed by atoms with van der Waals surface area (Å²) >= 11 is 0. The van der Waals surface area contributed by atoms with Crippen LogP contribution in [0.1, 0.15) is 21.5 Å². The van der Waals surface area contributed by atoms with Gasteiger partial charge in [-0.25, -0.2) is 13.2 Å². The van der Waals surface area contributed by atoms with Crippen molar-refractivity contribution in [3.63, 3.8) is 0 Å². The first-order chi connectivity index (χ1) is 14.8. The maximum Gasteiger partial charge on any atom is 0.337 e. The van der Waals surface area contributed by atoms with E-state index in [2.05, 4.69) is 4.90 Å². The lowest BCUT2D eigenvalue weighted by molar-refractivity contribution is 0.0600. The molecule has 1 saturated heterocycles. The van der Waals surface area contributed by atoms with E-state index in [0.717, 1.165) is 5.56 Å². The zero-order valence-corrected chi connectivity index (χ0v) is 19.1. The molecule has 3 rings (SSSR count). The third kappa shape index (κ3) is 5.00. The van der Waals surface area contributed by atoms with Crippen LogP contribution < -0.4 is 9.47 Å². The molecule has 1 fully saturated rings. The second kappa shape index (κ2) is 9.67. The highest BCUT2D eigenvalue weighted by atomic mass is 32.2. The van der Waals surface area contributed by atoms with Gasteiger partial charge < -0.3 is 14.2 Å². The molecule has 1 heterocycles. The molecule has 31 heavy (non-hydrogen) atoms. The highest BCUT2D eigenvalue weighted by molar-refractivity contribution is 7.89. The van der Waals surface area contributed by atoms with Gasteiger partial charge in [-0.05, 0) is 48.4 Å². The second-order valence-electron chi connectivity index (χ2n) is 7.34. The van der Waals surface area contributed by atoms with Crippen LogP contribution in [0.3, 0.4) is 0 Å². The van der Waals surface area contributed by atoms with Crippen molar-refractivity contribution in [3.8, 4) is 11.5 Å². The summed E-state index contributed by atoms with van der Waals surface area (Å²) in [4.78, 5) is 14.1. The molecule has 9 heteroatoms. The zero-order chi connectivity index (χ0) is 22.6. The van der Waals surface area contributed by atoms with Gasteiger partial charge in [0.05, 0.1) is 31.8 Å². The first-order valence-corrected chi connectivity index (χ1v) is 11.4. The minimum atomic E-state index is -3.64. The topological polar surface area (TPSA) is 85.4 Å². The van der Waals surface area contributed by atoms with Crippen LogP contribution in [0.15, 0.2) is 41.3 Å². The fourth-order valence-electron chi connectivity index (χ4n) is 3.69. The van der Waals surface area contributed by atoms with Crippen LogP contribution in [0.4, 0.5) is 0 Å². The lowest BCUT2D eigenvalue weighted by atomic mass is 10.1. The summed E-state index contributed by atoms with van der Waals surface area (Å²) < 4.78 is 43.1. The van der Waals surface area contributed by atoms with Crippen molar-refractivity contribution in [2.24, 2.45) is 0 Å². The van der Waals surface area contributed by atoms with Crippen molar-refractivity contribution in [1.82, 2.24) is 9.21 Å². The van der Waals surface area contributed by atoms with Crippen LogP contribution in [-0.2, 0) is 21.3 Å². The van der Waals surface area contributed by atoms with E-state index < -0.39 is 16.0 Å². The summed E-state index contributed by atoms with van der Waals surface area (Å²) in [5.74, 6) is 0.860. The van der Waals surface area contributed by atoms with E-state index in [9.17, 15) is 13.2 Å². The Morgan fingerprint density at radius 1 is 0.935 bits per heavy atom. The van der Waals surface area contributed by atoms with Gasteiger partial charge in [0.25, 0.3) is 0 Å². The second-order valence-corrected chi connectivity index (χ2v) is 9.25. The summed E-state index contributed by atoms with van der Waals surface area (Å²) in [6.45, 7) is 4.41. The number of nitrogens with zero attached hydrogens (tertiary/aromatic N) is 2. The number of hydrogen-bond acceptors (Lipinski definition) is 7. The first-order valence-electron chi connectivity index (χ1n) is 9.92. The van der Waals surface area contributed by atoms with Gasteiger partial charge >= 0.3 is 5.97 Å². The number of aryl methyl sites for hydroxylation is 1. The molecule has 0 amide bonds. The summed E-state index contributed by atoms with van der Waals surface area (Å²) in [7, 11) is 0.857. The van der Waals surface area contributed by atoms with Crippen molar-refractivity contribution in [2.75, 3.05) is 47.5 Å². The normalized spacial score (nSPS) is 15.5. The number of benzene rings is 2. The Balaban J connectivity index is 1.67. The molecule has 2 aromatic rings. The number of ether oxygens (including phenoxy) is 3. The maximum atomic E-state index is 13.1. The molecule has 0 aliphatic carbocycles. The van der Waals surface area contributed by atoms with E-state index >= 15 is 0 Å². The number of hydrogen-bond donors (Lipinski definition) is 0. The number of carbonyl (C=O) groups is 1. The van der Waals surface area contributed by atoms with Crippen LogP contribution in [0, 0.1) is 6.92 Å². The van der Waals surface area contributed by atoms with E-state index in [-0.39, 0.29) is 4.90 Å². The van der Waals surface area contributed by atoms with E-state index in [1.165, 1.54) is 23.5 Å². The molecular weight excluding hydrogens is 420 g/mol. The number of carbonyl (C=O) groups excluding carboxylic acids is 1. The third-order valence-corrected chi connectivity index (χ3v) is 7.46. The van der Waals surface area contributed by atoms with Crippen LogP contribution in [0.25, 0.3) is 0 Å². The summed E-state index contributed by atoms with van der Waals surface area (Å²) in [5, 5.41) is 0. The molecule has 0 bridgehead atoms. The van der Waals surface area contributed by atoms with Crippen LogP contribution in [-0.4, -0.2) is 71.1 Å². The lowest BCUT2D eigenvalue weighted by Crippen LogP contribution is -2.48. The molecule has 0 atom stereocenters. The predicted molar refractivity (Wildman–Crippen MR) is 116 cm³/mol. The largest absolute Gasteiger partial charge is 0.493 e. The van der Waals surface area contributed by atoms with Gasteiger partial charge in [0, 0.05) is 32.7 Å². The minimum absolute atomic E-state index is 0.216. The van der Waals surface area contributed by atoms with Gasteiger partial charge in [0.1, 0.15) is 0 Å². The molecule has 0 unspecified atom stereocenters. The fraction of sp³-hybridized carbons (Fsp3) is 0.409. The standard InChI is InChI=1S/C22H28N2O6S/c1-16-13-18(22(25)30-4)6-8-21(16)31(26,27)24-11-9-23(10-12-24)15-17-5-7-19(28-2)20(14-17)29-3/h5-8,13-14H,9-12,15H2,1-4H3. The lowest BCUT2D eigenvalue weighted by Gasteiger charge is -2.34. The van der Waals surface area contributed by atoms with E-state index in [1.54, 1.807) is 27.2 Å². The van der Waals surface area contributed by atoms with Crippen molar-refractivity contribution < 1.29 is 27.4 Å². The highest BCUT2D eigenvalue weighted by Crippen LogP contribution is 2.28. The first kappa shape index (κ1) is 23.1. The van der Waals surface area contributed by atoms with Crippen molar-refractivity contribution >= 4 is 16.0 Å². The average molecular weight is 449 g/mol. The third-order valence-electron chi connectivity index (χ3n) is 5.40. The molecule has 0 radical (unpaired) electrons. The van der Waals surface area contributed by atoms with E-state index in [1.807, 2.05) is 18.2 Å².